The van der Waals surface area contributed by atoms with Gasteiger partial charge in [-0.3, -0.25) is 9.69 Å². The predicted octanol–water partition coefficient (Wildman–Crippen LogP) is 2.89. The quantitative estimate of drug-likeness (QED) is 0.922. The Labute approximate surface area is 121 Å². The highest BCUT2D eigenvalue weighted by Gasteiger charge is 2.10. The van der Waals surface area contributed by atoms with Gasteiger partial charge in [-0.1, -0.05) is 0 Å². The van der Waals surface area contributed by atoms with Crippen LogP contribution < -0.4 is 5.32 Å². The zero-order valence-electron chi connectivity index (χ0n) is 11.3. The first-order valence-electron chi connectivity index (χ1n) is 5.98. The van der Waals surface area contributed by atoms with Gasteiger partial charge in [0.2, 0.25) is 5.91 Å². The number of rotatable bonds is 5. The van der Waals surface area contributed by atoms with Gasteiger partial charge in [0.1, 0.15) is 0 Å². The molecule has 0 aliphatic heterocycles. The highest BCUT2D eigenvalue weighted by molar-refractivity contribution is 7.13. The molecule has 0 bridgehead atoms. The van der Waals surface area contributed by atoms with E-state index in [1.165, 1.54) is 21.8 Å². The normalized spacial score (nSPS) is 10.9. The van der Waals surface area contributed by atoms with Gasteiger partial charge >= 0.3 is 0 Å². The Morgan fingerprint density at radius 2 is 2.21 bits per heavy atom. The van der Waals surface area contributed by atoms with Gasteiger partial charge in [0, 0.05) is 16.8 Å². The molecule has 0 aromatic carbocycles. The number of aryl methyl sites for hydroxylation is 2. The van der Waals surface area contributed by atoms with E-state index in [-0.39, 0.29) is 5.91 Å². The van der Waals surface area contributed by atoms with E-state index in [0.717, 1.165) is 12.2 Å². The van der Waals surface area contributed by atoms with E-state index in [4.69, 9.17) is 0 Å². The summed E-state index contributed by atoms with van der Waals surface area (Å²) in [7, 11) is 1.95. The number of aromatic nitrogens is 1. The Kier molecular flexibility index (Phi) is 4.68. The molecule has 1 N–H and O–H groups in total. The van der Waals surface area contributed by atoms with Crippen LogP contribution >= 0.6 is 22.7 Å². The summed E-state index contributed by atoms with van der Waals surface area (Å²) in [6.45, 7) is 5.18. The van der Waals surface area contributed by atoms with Crippen molar-refractivity contribution in [1.29, 1.82) is 0 Å². The molecule has 102 valence electrons. The number of thiophene rings is 1. The molecule has 0 aliphatic rings. The average molecular weight is 295 g/mol. The van der Waals surface area contributed by atoms with Crippen molar-refractivity contribution in [3.05, 3.63) is 33.0 Å². The Bertz CT molecular complexity index is 562. The maximum Gasteiger partial charge on any atom is 0.240 e. The van der Waals surface area contributed by atoms with Crippen molar-refractivity contribution >= 4 is 33.7 Å². The van der Waals surface area contributed by atoms with Gasteiger partial charge in [-0.05, 0) is 37.9 Å². The number of amides is 1. The number of carbonyl (C=O) groups excluding carboxylic acids is 1. The SMILES string of the molecule is Cc1csc(NC(=O)CN(C)Cc2sccc2C)n1. The monoisotopic (exact) mass is 295 g/mol. The molecule has 2 aromatic heterocycles. The maximum absolute atomic E-state index is 11.9. The second-order valence-corrected chi connectivity index (χ2v) is 6.40. The van der Waals surface area contributed by atoms with Crippen molar-refractivity contribution in [2.75, 3.05) is 18.9 Å². The van der Waals surface area contributed by atoms with Crippen molar-refractivity contribution in [3.8, 4) is 0 Å². The van der Waals surface area contributed by atoms with E-state index < -0.39 is 0 Å². The van der Waals surface area contributed by atoms with Gasteiger partial charge in [-0.15, -0.1) is 22.7 Å². The molecule has 0 saturated heterocycles. The smallest absolute Gasteiger partial charge is 0.240 e. The van der Waals surface area contributed by atoms with Gasteiger partial charge in [0.15, 0.2) is 5.13 Å². The third-order valence-corrected chi connectivity index (χ3v) is 4.54. The Hall–Kier alpha value is -1.24. The number of nitrogens with zero attached hydrogens (tertiary/aromatic N) is 2. The number of hydrogen-bond donors (Lipinski definition) is 1. The molecule has 2 rings (SSSR count). The van der Waals surface area contributed by atoms with Crippen molar-refractivity contribution in [2.45, 2.75) is 20.4 Å². The molecule has 0 spiro atoms. The molecule has 2 aromatic rings. The number of nitrogens with one attached hydrogen (secondary N) is 1. The number of anilines is 1. The van der Waals surface area contributed by atoms with E-state index >= 15 is 0 Å². The van der Waals surface area contributed by atoms with Crippen molar-refractivity contribution in [2.24, 2.45) is 0 Å². The lowest BCUT2D eigenvalue weighted by Gasteiger charge is -2.15. The molecule has 19 heavy (non-hydrogen) atoms. The van der Waals surface area contributed by atoms with Gasteiger partial charge in [-0.25, -0.2) is 4.98 Å². The number of hydrogen-bond acceptors (Lipinski definition) is 5. The molecule has 4 nitrogen and oxygen atoms in total. The van der Waals surface area contributed by atoms with Crippen LogP contribution in [0.1, 0.15) is 16.1 Å². The highest BCUT2D eigenvalue weighted by Crippen LogP contribution is 2.17. The van der Waals surface area contributed by atoms with Crippen LogP contribution in [0.15, 0.2) is 16.8 Å². The van der Waals surface area contributed by atoms with Crippen LogP contribution in [-0.2, 0) is 11.3 Å². The van der Waals surface area contributed by atoms with Crippen molar-refractivity contribution in [1.82, 2.24) is 9.88 Å². The zero-order chi connectivity index (χ0) is 13.8. The summed E-state index contributed by atoms with van der Waals surface area (Å²) < 4.78 is 0. The highest BCUT2D eigenvalue weighted by atomic mass is 32.1. The molecule has 6 heteroatoms. The van der Waals surface area contributed by atoms with Crippen molar-refractivity contribution < 1.29 is 4.79 Å². The van der Waals surface area contributed by atoms with Gasteiger partial charge < -0.3 is 5.32 Å². The van der Waals surface area contributed by atoms with Gasteiger partial charge in [0.05, 0.1) is 12.2 Å². The molecular formula is C13H17N3OS2. The second kappa shape index (κ2) is 6.27. The van der Waals surface area contributed by atoms with E-state index in [1.807, 2.05) is 24.3 Å². The molecule has 0 radical (unpaired) electrons. The van der Waals surface area contributed by atoms with Gasteiger partial charge in [-0.2, -0.15) is 0 Å². The average Bonchev–Trinajstić information content (AvgIpc) is 2.89. The van der Waals surface area contributed by atoms with Crippen LogP contribution in [0.2, 0.25) is 0 Å². The molecule has 0 saturated carbocycles. The third-order valence-electron chi connectivity index (χ3n) is 2.66. The minimum absolute atomic E-state index is 0.0222. The van der Waals surface area contributed by atoms with Crippen molar-refractivity contribution in [3.63, 3.8) is 0 Å². The fourth-order valence-corrected chi connectivity index (χ4v) is 3.37. The largest absolute Gasteiger partial charge is 0.301 e. The molecule has 2 heterocycles. The molecule has 0 aliphatic carbocycles. The minimum Gasteiger partial charge on any atom is -0.301 e. The summed E-state index contributed by atoms with van der Waals surface area (Å²) in [4.78, 5) is 19.4. The lowest BCUT2D eigenvalue weighted by atomic mass is 10.3. The summed E-state index contributed by atoms with van der Waals surface area (Å²) in [6, 6.07) is 2.10. The number of thiazole rings is 1. The Morgan fingerprint density at radius 3 is 2.79 bits per heavy atom. The van der Waals surface area contributed by atoms with E-state index in [0.29, 0.717) is 11.7 Å². The molecule has 0 unspecified atom stereocenters. The van der Waals surface area contributed by atoms with Crippen LogP contribution in [0.3, 0.4) is 0 Å². The Balaban J connectivity index is 1.83. The number of carbonyl (C=O) groups is 1. The summed E-state index contributed by atoms with van der Waals surface area (Å²) in [5.74, 6) is -0.0222. The molecule has 1 amide bonds. The van der Waals surface area contributed by atoms with Crippen LogP contribution in [-0.4, -0.2) is 29.4 Å². The van der Waals surface area contributed by atoms with Gasteiger partial charge in [0.25, 0.3) is 0 Å². The predicted molar refractivity (Wildman–Crippen MR) is 80.9 cm³/mol. The molecule has 0 fully saturated rings. The van der Waals surface area contributed by atoms with E-state index in [9.17, 15) is 4.79 Å². The minimum atomic E-state index is -0.0222. The topological polar surface area (TPSA) is 45.2 Å². The fraction of sp³-hybridized carbons (Fsp3) is 0.385. The lowest BCUT2D eigenvalue weighted by Crippen LogP contribution is -2.29. The summed E-state index contributed by atoms with van der Waals surface area (Å²) in [5.41, 5.74) is 2.22. The van der Waals surface area contributed by atoms with E-state index in [1.54, 1.807) is 11.3 Å². The Morgan fingerprint density at radius 1 is 1.42 bits per heavy atom. The molecule has 0 atom stereocenters. The molecular weight excluding hydrogens is 278 g/mol. The third kappa shape index (κ3) is 4.12. The first-order chi connectivity index (χ1) is 9.04. The standard InChI is InChI=1S/C13H17N3OS2/c1-9-4-5-18-11(9)6-16(3)7-12(17)15-13-14-10(2)8-19-13/h4-5,8H,6-7H2,1-3H3,(H,14,15,17). The summed E-state index contributed by atoms with van der Waals surface area (Å²) in [5, 5.41) is 7.49. The van der Waals surface area contributed by atoms with Crippen LogP contribution in [0, 0.1) is 13.8 Å². The summed E-state index contributed by atoms with van der Waals surface area (Å²) >= 11 is 3.18. The second-order valence-electron chi connectivity index (χ2n) is 4.54. The van der Waals surface area contributed by atoms with Crippen LogP contribution in [0.5, 0.6) is 0 Å². The maximum atomic E-state index is 11.9. The summed E-state index contributed by atoms with van der Waals surface area (Å²) in [6.07, 6.45) is 0. The van der Waals surface area contributed by atoms with E-state index in [2.05, 4.69) is 28.7 Å². The van der Waals surface area contributed by atoms with Crippen LogP contribution in [0.25, 0.3) is 0 Å². The number of likely N-dealkylation sites (N-methyl/N-ethyl adjacent to an activating group) is 1. The fourth-order valence-electron chi connectivity index (χ4n) is 1.68. The first kappa shape index (κ1) is 14.2. The zero-order valence-corrected chi connectivity index (χ0v) is 12.9. The van der Waals surface area contributed by atoms with Crippen LogP contribution in [0.4, 0.5) is 5.13 Å². The first-order valence-corrected chi connectivity index (χ1v) is 7.74. The lowest BCUT2D eigenvalue weighted by molar-refractivity contribution is -0.117.